The number of carbonyl (C=O) groups excluding carboxylic acids is 1. The molecule has 0 radical (unpaired) electrons. The highest BCUT2D eigenvalue weighted by Gasteiger charge is 2.28. The molecule has 1 aromatic rings. The molecule has 3 N–H and O–H groups in total. The van der Waals surface area contributed by atoms with E-state index in [1.165, 1.54) is 16.4 Å². The van der Waals surface area contributed by atoms with Crippen LogP contribution in [0.5, 0.6) is 0 Å². The molecular formula is C18H29N3O3S. The maximum atomic E-state index is 12.7. The first kappa shape index (κ1) is 19.9. The lowest BCUT2D eigenvalue weighted by Gasteiger charge is -2.21. The molecule has 0 bridgehead atoms. The molecule has 0 aromatic heterocycles. The molecule has 1 fully saturated rings. The third-order valence-electron chi connectivity index (χ3n) is 4.43. The van der Waals surface area contributed by atoms with Crippen molar-refractivity contribution >= 4 is 15.9 Å². The number of sulfonamides is 1. The fourth-order valence-corrected chi connectivity index (χ4v) is 4.41. The first-order chi connectivity index (χ1) is 11.9. The summed E-state index contributed by atoms with van der Waals surface area (Å²) in [5.41, 5.74) is 6.42. The van der Waals surface area contributed by atoms with E-state index in [0.29, 0.717) is 31.1 Å². The van der Waals surface area contributed by atoms with Gasteiger partial charge in [0.05, 0.1) is 4.90 Å². The molecule has 1 unspecified atom stereocenters. The molecule has 1 aliphatic rings. The lowest BCUT2D eigenvalue weighted by molar-refractivity contribution is 0.0950. The van der Waals surface area contributed by atoms with E-state index in [1.54, 1.807) is 12.1 Å². The number of nitrogens with zero attached hydrogens (tertiary/aromatic N) is 1. The van der Waals surface area contributed by atoms with Crippen LogP contribution in [0.2, 0.25) is 0 Å². The summed E-state index contributed by atoms with van der Waals surface area (Å²) in [6, 6.07) is 6.12. The number of nitrogens with two attached hydrogens (primary N) is 1. The number of benzene rings is 1. The Balaban J connectivity index is 2.03. The summed E-state index contributed by atoms with van der Waals surface area (Å²) < 4.78 is 26.9. The molecule has 0 heterocycles. The van der Waals surface area contributed by atoms with Gasteiger partial charge in [0.15, 0.2) is 0 Å². The molecule has 1 amide bonds. The first-order valence-corrected chi connectivity index (χ1v) is 10.5. The van der Waals surface area contributed by atoms with E-state index in [4.69, 9.17) is 5.73 Å². The van der Waals surface area contributed by atoms with Gasteiger partial charge >= 0.3 is 0 Å². The van der Waals surface area contributed by atoms with Crippen molar-refractivity contribution in [3.8, 4) is 0 Å². The van der Waals surface area contributed by atoms with Crippen molar-refractivity contribution in [1.82, 2.24) is 9.62 Å². The SMILES string of the molecule is CCCN(CCC)S(=O)(=O)c1ccc(C(=O)NCC(N)C2CC2)cc1. The van der Waals surface area contributed by atoms with Crippen LogP contribution < -0.4 is 11.1 Å². The summed E-state index contributed by atoms with van der Waals surface area (Å²) in [6.07, 6.45) is 3.80. The van der Waals surface area contributed by atoms with E-state index in [0.717, 1.165) is 25.7 Å². The number of nitrogens with one attached hydrogen (secondary N) is 1. The van der Waals surface area contributed by atoms with Crippen molar-refractivity contribution in [2.24, 2.45) is 11.7 Å². The molecular weight excluding hydrogens is 338 g/mol. The Kier molecular flexibility index (Phi) is 6.98. The Bertz CT molecular complexity index is 663. The van der Waals surface area contributed by atoms with E-state index in [2.05, 4.69) is 5.32 Å². The van der Waals surface area contributed by atoms with Crippen LogP contribution in [0.4, 0.5) is 0 Å². The normalized spacial score (nSPS) is 16.0. The number of hydrogen-bond acceptors (Lipinski definition) is 4. The number of carbonyl (C=O) groups is 1. The van der Waals surface area contributed by atoms with Gasteiger partial charge in [0, 0.05) is 31.2 Å². The highest BCUT2D eigenvalue weighted by molar-refractivity contribution is 7.89. The van der Waals surface area contributed by atoms with E-state index in [9.17, 15) is 13.2 Å². The van der Waals surface area contributed by atoms with Crippen LogP contribution in [0.25, 0.3) is 0 Å². The van der Waals surface area contributed by atoms with Crippen LogP contribution in [-0.4, -0.2) is 44.3 Å². The van der Waals surface area contributed by atoms with Crippen LogP contribution >= 0.6 is 0 Å². The molecule has 0 spiro atoms. The van der Waals surface area contributed by atoms with Gasteiger partial charge in [-0.1, -0.05) is 13.8 Å². The van der Waals surface area contributed by atoms with Crippen LogP contribution in [0.3, 0.4) is 0 Å². The lowest BCUT2D eigenvalue weighted by Crippen LogP contribution is -2.38. The lowest BCUT2D eigenvalue weighted by atomic mass is 10.2. The molecule has 1 aliphatic carbocycles. The van der Waals surface area contributed by atoms with Crippen molar-refractivity contribution in [3.05, 3.63) is 29.8 Å². The second-order valence-electron chi connectivity index (χ2n) is 6.64. The fraction of sp³-hybridized carbons (Fsp3) is 0.611. The van der Waals surface area contributed by atoms with Crippen molar-refractivity contribution in [2.45, 2.75) is 50.5 Å². The third kappa shape index (κ3) is 5.26. The second-order valence-corrected chi connectivity index (χ2v) is 8.58. The third-order valence-corrected chi connectivity index (χ3v) is 6.34. The maximum Gasteiger partial charge on any atom is 0.251 e. The van der Waals surface area contributed by atoms with Gasteiger partial charge in [-0.25, -0.2) is 8.42 Å². The van der Waals surface area contributed by atoms with Crippen LogP contribution in [0, 0.1) is 5.92 Å². The van der Waals surface area contributed by atoms with E-state index >= 15 is 0 Å². The minimum atomic E-state index is -3.51. The van der Waals surface area contributed by atoms with Gasteiger partial charge in [-0.15, -0.1) is 0 Å². The number of hydrogen-bond donors (Lipinski definition) is 2. The van der Waals surface area contributed by atoms with Crippen molar-refractivity contribution in [1.29, 1.82) is 0 Å². The van der Waals surface area contributed by atoms with E-state index in [1.807, 2.05) is 13.8 Å². The van der Waals surface area contributed by atoms with Crippen molar-refractivity contribution in [3.63, 3.8) is 0 Å². The Morgan fingerprint density at radius 3 is 2.24 bits per heavy atom. The standard InChI is InChI=1S/C18H29N3O3S/c1-3-11-21(12-4-2)25(23,24)16-9-7-15(8-10-16)18(22)20-13-17(19)14-5-6-14/h7-10,14,17H,3-6,11-13,19H2,1-2H3,(H,20,22). The Morgan fingerprint density at radius 1 is 1.20 bits per heavy atom. The second kappa shape index (κ2) is 8.78. The minimum Gasteiger partial charge on any atom is -0.350 e. The molecule has 2 rings (SSSR count). The molecule has 0 saturated heterocycles. The van der Waals surface area contributed by atoms with Crippen molar-refractivity contribution < 1.29 is 13.2 Å². The van der Waals surface area contributed by atoms with Gasteiger partial charge in [-0.3, -0.25) is 4.79 Å². The van der Waals surface area contributed by atoms with E-state index in [-0.39, 0.29) is 16.8 Å². The Hall–Kier alpha value is -1.44. The van der Waals surface area contributed by atoms with Gasteiger partial charge in [-0.05, 0) is 55.9 Å². The Labute approximate surface area is 150 Å². The smallest absolute Gasteiger partial charge is 0.251 e. The van der Waals surface area contributed by atoms with Gasteiger partial charge in [-0.2, -0.15) is 4.31 Å². The predicted octanol–water partition coefficient (Wildman–Crippen LogP) is 1.96. The summed E-state index contributed by atoms with van der Waals surface area (Å²) in [5, 5.41) is 2.82. The van der Waals surface area contributed by atoms with Crippen LogP contribution in [-0.2, 0) is 10.0 Å². The summed E-state index contributed by atoms with van der Waals surface area (Å²) in [7, 11) is -3.51. The van der Waals surface area contributed by atoms with Gasteiger partial charge < -0.3 is 11.1 Å². The van der Waals surface area contributed by atoms with Gasteiger partial charge in [0.25, 0.3) is 5.91 Å². The van der Waals surface area contributed by atoms with Gasteiger partial charge in [0.2, 0.25) is 10.0 Å². The van der Waals surface area contributed by atoms with E-state index < -0.39 is 10.0 Å². The molecule has 25 heavy (non-hydrogen) atoms. The minimum absolute atomic E-state index is 0.000229. The molecule has 140 valence electrons. The fourth-order valence-electron chi connectivity index (χ4n) is 2.78. The van der Waals surface area contributed by atoms with Crippen molar-refractivity contribution in [2.75, 3.05) is 19.6 Å². The molecule has 1 saturated carbocycles. The molecule has 1 aromatic carbocycles. The number of rotatable bonds is 10. The van der Waals surface area contributed by atoms with Gasteiger partial charge in [0.1, 0.15) is 0 Å². The highest BCUT2D eigenvalue weighted by atomic mass is 32.2. The largest absolute Gasteiger partial charge is 0.350 e. The zero-order valence-electron chi connectivity index (χ0n) is 15.1. The van der Waals surface area contributed by atoms with Crippen LogP contribution in [0.1, 0.15) is 49.9 Å². The summed E-state index contributed by atoms with van der Waals surface area (Å²) in [4.78, 5) is 12.4. The molecule has 0 aliphatic heterocycles. The Morgan fingerprint density at radius 2 is 1.76 bits per heavy atom. The average Bonchev–Trinajstić information content (AvgIpc) is 3.44. The molecule has 6 nitrogen and oxygen atoms in total. The quantitative estimate of drug-likeness (QED) is 0.661. The zero-order valence-corrected chi connectivity index (χ0v) is 15.9. The summed E-state index contributed by atoms with van der Waals surface area (Å²) >= 11 is 0. The summed E-state index contributed by atoms with van der Waals surface area (Å²) in [6.45, 7) is 5.36. The monoisotopic (exact) mass is 367 g/mol. The topological polar surface area (TPSA) is 92.5 Å². The zero-order chi connectivity index (χ0) is 18.4. The number of amides is 1. The molecule has 1 atom stereocenters. The molecule has 7 heteroatoms. The first-order valence-electron chi connectivity index (χ1n) is 9.04. The highest BCUT2D eigenvalue weighted by Crippen LogP contribution is 2.31. The summed E-state index contributed by atoms with van der Waals surface area (Å²) in [5.74, 6) is 0.301. The maximum absolute atomic E-state index is 12.7. The predicted molar refractivity (Wildman–Crippen MR) is 98.8 cm³/mol. The average molecular weight is 368 g/mol. The van der Waals surface area contributed by atoms with Crippen LogP contribution in [0.15, 0.2) is 29.2 Å².